The number of methoxy groups -OCH3 is 1. The number of aryl methyl sites for hydroxylation is 1. The zero-order valence-corrected chi connectivity index (χ0v) is 16.8. The molecule has 0 saturated heterocycles. The van der Waals surface area contributed by atoms with E-state index in [1.165, 1.54) is 47.9 Å². The molecule has 0 saturated carbocycles. The number of ether oxygens (including phenoxy) is 1. The minimum atomic E-state index is 0.583. The van der Waals surface area contributed by atoms with Crippen molar-refractivity contribution in [1.82, 2.24) is 9.97 Å². The standard InChI is InChI=1S/C14H13N3.C11H14O/c15-8-10-1-3-11(4-2-10)12-5-6-13-14(7-12)17-9-16-13;1-12-11-8-4-6-9-5-2-3-7-10(9)11/h1-7,9H,8,15H2,(H,16,17);4,6,8H,2-3,5,7H2,1H3. The minimum Gasteiger partial charge on any atom is -0.496 e. The number of nitrogens with zero attached hydrogens (tertiary/aromatic N) is 1. The molecule has 3 aromatic carbocycles. The van der Waals surface area contributed by atoms with E-state index < -0.39 is 0 Å². The van der Waals surface area contributed by atoms with Crippen molar-refractivity contribution in [3.05, 3.63) is 83.7 Å². The van der Waals surface area contributed by atoms with Crippen molar-refractivity contribution < 1.29 is 4.74 Å². The number of hydrogen-bond acceptors (Lipinski definition) is 3. The van der Waals surface area contributed by atoms with E-state index in [9.17, 15) is 0 Å². The fourth-order valence-electron chi connectivity index (χ4n) is 3.89. The maximum Gasteiger partial charge on any atom is 0.122 e. The monoisotopic (exact) mass is 385 g/mol. The lowest BCUT2D eigenvalue weighted by Gasteiger charge is -2.17. The van der Waals surface area contributed by atoms with Crippen LogP contribution < -0.4 is 10.5 Å². The van der Waals surface area contributed by atoms with E-state index in [1.807, 2.05) is 6.07 Å². The van der Waals surface area contributed by atoms with Crippen molar-refractivity contribution in [3.8, 4) is 16.9 Å². The number of benzene rings is 3. The van der Waals surface area contributed by atoms with E-state index in [-0.39, 0.29) is 0 Å². The predicted molar refractivity (Wildman–Crippen MR) is 119 cm³/mol. The minimum absolute atomic E-state index is 0.583. The third kappa shape index (κ3) is 4.33. The van der Waals surface area contributed by atoms with Crippen LogP contribution in [0.2, 0.25) is 0 Å². The number of imidazole rings is 1. The van der Waals surface area contributed by atoms with Gasteiger partial charge in [0, 0.05) is 6.54 Å². The van der Waals surface area contributed by atoms with Gasteiger partial charge in [0.2, 0.25) is 0 Å². The van der Waals surface area contributed by atoms with Gasteiger partial charge in [-0.25, -0.2) is 4.98 Å². The van der Waals surface area contributed by atoms with Crippen molar-refractivity contribution >= 4 is 11.0 Å². The van der Waals surface area contributed by atoms with E-state index in [0.29, 0.717) is 6.54 Å². The van der Waals surface area contributed by atoms with Crippen LogP contribution >= 0.6 is 0 Å². The molecule has 3 N–H and O–H groups in total. The summed E-state index contributed by atoms with van der Waals surface area (Å²) in [5.41, 5.74) is 14.1. The molecule has 4 heteroatoms. The smallest absolute Gasteiger partial charge is 0.122 e. The number of rotatable bonds is 3. The van der Waals surface area contributed by atoms with Crippen molar-refractivity contribution in [2.24, 2.45) is 5.73 Å². The number of nitrogens with two attached hydrogens (primary N) is 1. The molecule has 29 heavy (non-hydrogen) atoms. The van der Waals surface area contributed by atoms with Gasteiger partial charge in [-0.3, -0.25) is 0 Å². The van der Waals surface area contributed by atoms with Crippen LogP contribution in [-0.4, -0.2) is 17.1 Å². The van der Waals surface area contributed by atoms with Crippen LogP contribution in [0.25, 0.3) is 22.2 Å². The van der Waals surface area contributed by atoms with Crippen LogP contribution in [0, 0.1) is 0 Å². The molecular formula is C25H27N3O. The molecule has 0 atom stereocenters. The third-order valence-corrected chi connectivity index (χ3v) is 5.52. The SMILES string of the molecule is COc1cccc2c1CCCC2.NCc1ccc(-c2ccc3nc[nH]c3c2)cc1. The number of aromatic nitrogens is 2. The van der Waals surface area contributed by atoms with E-state index >= 15 is 0 Å². The summed E-state index contributed by atoms with van der Waals surface area (Å²) in [6.45, 7) is 0.583. The molecule has 0 spiro atoms. The predicted octanol–water partition coefficient (Wildman–Crippen LogP) is 5.26. The summed E-state index contributed by atoms with van der Waals surface area (Å²) in [6, 6.07) is 20.9. The Kier molecular flexibility index (Phi) is 5.92. The lowest BCUT2D eigenvalue weighted by Crippen LogP contribution is -2.04. The molecule has 0 amide bonds. The summed E-state index contributed by atoms with van der Waals surface area (Å²) < 4.78 is 5.31. The first-order chi connectivity index (χ1) is 14.3. The summed E-state index contributed by atoms with van der Waals surface area (Å²) >= 11 is 0. The van der Waals surface area contributed by atoms with Gasteiger partial charge in [-0.2, -0.15) is 0 Å². The highest BCUT2D eigenvalue weighted by Crippen LogP contribution is 2.29. The van der Waals surface area contributed by atoms with E-state index in [2.05, 4.69) is 64.6 Å². The first-order valence-electron chi connectivity index (χ1n) is 10.2. The Bertz CT molecular complexity index is 1070. The van der Waals surface area contributed by atoms with Gasteiger partial charge in [-0.05, 0) is 71.7 Å². The second kappa shape index (κ2) is 8.93. The van der Waals surface area contributed by atoms with Gasteiger partial charge in [0.1, 0.15) is 5.75 Å². The number of H-pyrrole nitrogens is 1. The van der Waals surface area contributed by atoms with Crippen molar-refractivity contribution in [3.63, 3.8) is 0 Å². The molecule has 148 valence electrons. The van der Waals surface area contributed by atoms with Gasteiger partial charge >= 0.3 is 0 Å². The highest BCUT2D eigenvalue weighted by Gasteiger charge is 2.12. The highest BCUT2D eigenvalue weighted by atomic mass is 16.5. The maximum absolute atomic E-state index is 5.59. The molecule has 1 heterocycles. The second-order valence-electron chi connectivity index (χ2n) is 7.34. The number of nitrogens with one attached hydrogen (secondary N) is 1. The first kappa shape index (κ1) is 19.2. The van der Waals surface area contributed by atoms with Gasteiger partial charge < -0.3 is 15.5 Å². The third-order valence-electron chi connectivity index (χ3n) is 5.52. The summed E-state index contributed by atoms with van der Waals surface area (Å²) in [6.07, 6.45) is 6.78. The first-order valence-corrected chi connectivity index (χ1v) is 10.2. The molecule has 5 rings (SSSR count). The molecule has 0 radical (unpaired) electrons. The molecular weight excluding hydrogens is 358 g/mol. The van der Waals surface area contributed by atoms with Crippen LogP contribution in [0.15, 0.2) is 67.0 Å². The highest BCUT2D eigenvalue weighted by molar-refractivity contribution is 5.81. The fraction of sp³-hybridized carbons (Fsp3) is 0.240. The Balaban J connectivity index is 0.000000150. The van der Waals surface area contributed by atoms with Crippen molar-refractivity contribution in [1.29, 1.82) is 0 Å². The Morgan fingerprint density at radius 3 is 2.55 bits per heavy atom. The topological polar surface area (TPSA) is 63.9 Å². The van der Waals surface area contributed by atoms with Crippen LogP contribution in [0.1, 0.15) is 29.5 Å². The normalized spacial score (nSPS) is 12.8. The Morgan fingerprint density at radius 1 is 0.966 bits per heavy atom. The van der Waals surface area contributed by atoms with E-state index in [1.54, 1.807) is 13.4 Å². The van der Waals surface area contributed by atoms with Gasteiger partial charge in [-0.1, -0.05) is 42.5 Å². The molecule has 1 aliphatic rings. The van der Waals surface area contributed by atoms with Gasteiger partial charge in [0.15, 0.2) is 0 Å². The van der Waals surface area contributed by atoms with E-state index in [0.717, 1.165) is 22.3 Å². The maximum atomic E-state index is 5.59. The summed E-state index contributed by atoms with van der Waals surface area (Å²) in [5.74, 6) is 1.08. The van der Waals surface area contributed by atoms with Crippen LogP contribution in [0.4, 0.5) is 0 Å². The number of aromatic amines is 1. The molecule has 4 nitrogen and oxygen atoms in total. The lowest BCUT2D eigenvalue weighted by atomic mass is 9.91. The Hall–Kier alpha value is -3.11. The quantitative estimate of drug-likeness (QED) is 0.505. The van der Waals surface area contributed by atoms with Crippen LogP contribution in [-0.2, 0) is 19.4 Å². The molecule has 0 unspecified atom stereocenters. The molecule has 0 aliphatic heterocycles. The number of hydrogen-bond donors (Lipinski definition) is 2. The van der Waals surface area contributed by atoms with Gasteiger partial charge in [0.25, 0.3) is 0 Å². The van der Waals surface area contributed by atoms with Gasteiger partial charge in [-0.15, -0.1) is 0 Å². The largest absolute Gasteiger partial charge is 0.496 e. The molecule has 1 aliphatic carbocycles. The average molecular weight is 386 g/mol. The van der Waals surface area contributed by atoms with Crippen molar-refractivity contribution in [2.45, 2.75) is 32.2 Å². The van der Waals surface area contributed by atoms with Crippen molar-refractivity contribution in [2.75, 3.05) is 7.11 Å². The fourth-order valence-corrected chi connectivity index (χ4v) is 3.89. The zero-order valence-electron chi connectivity index (χ0n) is 16.8. The molecule has 0 fully saturated rings. The lowest BCUT2D eigenvalue weighted by molar-refractivity contribution is 0.406. The number of fused-ring (bicyclic) bond motifs is 2. The van der Waals surface area contributed by atoms with Crippen LogP contribution in [0.5, 0.6) is 5.75 Å². The zero-order chi connectivity index (χ0) is 20.1. The van der Waals surface area contributed by atoms with E-state index in [4.69, 9.17) is 10.5 Å². The van der Waals surface area contributed by atoms with Gasteiger partial charge in [0.05, 0.1) is 24.5 Å². The Morgan fingerprint density at radius 2 is 1.76 bits per heavy atom. The summed E-state index contributed by atoms with van der Waals surface area (Å²) in [5, 5.41) is 0. The average Bonchev–Trinajstić information content (AvgIpc) is 3.27. The molecule has 1 aromatic heterocycles. The Labute approximate surface area is 171 Å². The summed E-state index contributed by atoms with van der Waals surface area (Å²) in [4.78, 5) is 7.33. The molecule has 0 bridgehead atoms. The second-order valence-corrected chi connectivity index (χ2v) is 7.34. The van der Waals surface area contributed by atoms with Crippen LogP contribution in [0.3, 0.4) is 0 Å². The summed E-state index contributed by atoms with van der Waals surface area (Å²) in [7, 11) is 1.75. The molecule has 4 aromatic rings.